The highest BCUT2D eigenvalue weighted by Gasteiger charge is 2.06. The molecule has 13 heavy (non-hydrogen) atoms. The number of nitriles is 1. The monoisotopic (exact) mass is 178 g/mol. The molecule has 0 spiro atoms. The van der Waals surface area contributed by atoms with Gasteiger partial charge in [-0.2, -0.15) is 10.4 Å². The summed E-state index contributed by atoms with van der Waals surface area (Å²) in [6.07, 6.45) is 1.47. The van der Waals surface area contributed by atoms with Crippen molar-refractivity contribution in [1.82, 2.24) is 15.1 Å². The number of nitrogens with one attached hydrogen (secondary N) is 1. The minimum Gasteiger partial charge on any atom is -0.268 e. The lowest BCUT2D eigenvalue weighted by Gasteiger charge is -1.98. The summed E-state index contributed by atoms with van der Waals surface area (Å²) in [5, 5.41) is 13.7. The Morgan fingerprint density at radius 3 is 2.92 bits per heavy atom. The molecule has 0 aliphatic rings. The first-order valence-electron chi connectivity index (χ1n) is 3.39. The Kier molecular flexibility index (Phi) is 2.40. The maximum atomic E-state index is 11.0. The fourth-order valence-electron chi connectivity index (χ4n) is 0.738. The molecule has 6 nitrogen and oxygen atoms in total. The van der Waals surface area contributed by atoms with Crippen LogP contribution in [-0.4, -0.2) is 15.7 Å². The number of amides is 1. The van der Waals surface area contributed by atoms with Crippen LogP contribution in [-0.2, 0) is 7.05 Å². The fourth-order valence-corrected chi connectivity index (χ4v) is 0.738. The molecule has 0 aliphatic heterocycles. The molecule has 0 radical (unpaired) electrons. The van der Waals surface area contributed by atoms with Crippen molar-refractivity contribution in [3.63, 3.8) is 0 Å². The van der Waals surface area contributed by atoms with Gasteiger partial charge in [-0.05, 0) is 6.07 Å². The van der Waals surface area contributed by atoms with Gasteiger partial charge in [-0.15, -0.1) is 0 Å². The Labute approximate surface area is 73.4 Å². The van der Waals surface area contributed by atoms with Crippen LogP contribution in [0.25, 0.3) is 0 Å². The molecule has 0 atom stereocenters. The van der Waals surface area contributed by atoms with Crippen LogP contribution in [0.4, 0.5) is 0 Å². The molecule has 0 fully saturated rings. The van der Waals surface area contributed by atoms with E-state index in [1.54, 1.807) is 0 Å². The first-order valence-corrected chi connectivity index (χ1v) is 3.39. The van der Waals surface area contributed by atoms with Gasteiger partial charge in [-0.1, -0.05) is 0 Å². The summed E-state index contributed by atoms with van der Waals surface area (Å²) < 4.78 is 1.02. The van der Waals surface area contributed by atoms with Gasteiger partial charge in [0.05, 0.1) is 0 Å². The summed E-state index contributed by atoms with van der Waals surface area (Å²) >= 11 is 0. The third-order valence-electron chi connectivity index (χ3n) is 1.36. The molecular formula is C7H6N4O2. The summed E-state index contributed by atoms with van der Waals surface area (Å²) in [5.74, 6) is -0.627. The third kappa shape index (κ3) is 1.90. The topological polar surface area (TPSA) is 87.8 Å². The molecule has 6 heteroatoms. The van der Waals surface area contributed by atoms with Gasteiger partial charge >= 0.3 is 0 Å². The van der Waals surface area contributed by atoms with Crippen molar-refractivity contribution in [2.45, 2.75) is 0 Å². The number of carbonyl (C=O) groups is 1. The van der Waals surface area contributed by atoms with E-state index in [0.29, 0.717) is 0 Å². The minimum atomic E-state index is -0.627. The van der Waals surface area contributed by atoms with Gasteiger partial charge in [0.2, 0.25) is 0 Å². The van der Waals surface area contributed by atoms with Gasteiger partial charge in [-0.3, -0.25) is 14.9 Å². The quantitative estimate of drug-likeness (QED) is 0.441. The minimum absolute atomic E-state index is 0.0312. The van der Waals surface area contributed by atoms with Gasteiger partial charge in [0.25, 0.3) is 11.5 Å². The van der Waals surface area contributed by atoms with Crippen LogP contribution in [0, 0.1) is 11.5 Å². The molecular weight excluding hydrogens is 172 g/mol. The van der Waals surface area contributed by atoms with Crippen molar-refractivity contribution in [2.75, 3.05) is 0 Å². The smallest absolute Gasteiger partial charge is 0.268 e. The standard InChI is InChI=1S/C7H6N4O2/c1-11-6(12)3-2-5(10-11)7(13)9-4-8/h2-3H,1H3,(H,9,13). The predicted molar refractivity (Wildman–Crippen MR) is 42.6 cm³/mol. The van der Waals surface area contributed by atoms with Gasteiger partial charge in [0.1, 0.15) is 5.69 Å². The number of rotatable bonds is 1. The van der Waals surface area contributed by atoms with E-state index >= 15 is 0 Å². The summed E-state index contributed by atoms with van der Waals surface area (Å²) in [4.78, 5) is 21.9. The van der Waals surface area contributed by atoms with Crippen molar-refractivity contribution in [3.8, 4) is 6.19 Å². The highest BCUT2D eigenvalue weighted by molar-refractivity contribution is 5.92. The molecule has 0 aromatic carbocycles. The summed E-state index contributed by atoms with van der Waals surface area (Å²) in [6.45, 7) is 0. The molecule has 0 aliphatic carbocycles. The predicted octanol–water partition coefficient (Wildman–Crippen LogP) is -1.01. The molecule has 1 heterocycles. The maximum Gasteiger partial charge on any atom is 0.284 e. The lowest BCUT2D eigenvalue weighted by atomic mass is 10.4. The highest BCUT2D eigenvalue weighted by Crippen LogP contribution is 1.88. The zero-order chi connectivity index (χ0) is 9.84. The Balaban J connectivity index is 3.05. The Hall–Kier alpha value is -2.16. The van der Waals surface area contributed by atoms with Crippen molar-refractivity contribution in [1.29, 1.82) is 5.26 Å². The van der Waals surface area contributed by atoms with E-state index in [1.807, 2.05) is 5.32 Å². The summed E-state index contributed by atoms with van der Waals surface area (Å²) in [6, 6.07) is 2.47. The molecule has 1 aromatic heterocycles. The van der Waals surface area contributed by atoms with E-state index in [2.05, 4.69) is 5.10 Å². The van der Waals surface area contributed by atoms with Crippen molar-refractivity contribution >= 4 is 5.91 Å². The number of aromatic nitrogens is 2. The molecule has 1 aromatic rings. The SMILES string of the molecule is Cn1nc(C(=O)NC#N)ccc1=O. The lowest BCUT2D eigenvalue weighted by molar-refractivity contribution is 0.0965. The molecule has 1 rings (SSSR count). The van der Waals surface area contributed by atoms with Crippen LogP contribution in [0.3, 0.4) is 0 Å². The number of carbonyl (C=O) groups excluding carboxylic acids is 1. The van der Waals surface area contributed by atoms with E-state index in [-0.39, 0.29) is 11.3 Å². The van der Waals surface area contributed by atoms with E-state index < -0.39 is 5.91 Å². The molecule has 0 saturated carbocycles. The zero-order valence-electron chi connectivity index (χ0n) is 6.81. The summed E-state index contributed by atoms with van der Waals surface area (Å²) in [5.41, 5.74) is -0.280. The van der Waals surface area contributed by atoms with Crippen LogP contribution < -0.4 is 10.9 Å². The normalized spacial score (nSPS) is 8.92. The van der Waals surface area contributed by atoms with Gasteiger partial charge in [-0.25, -0.2) is 4.68 Å². The average molecular weight is 178 g/mol. The fraction of sp³-hybridized carbons (Fsp3) is 0.143. The molecule has 0 bridgehead atoms. The van der Waals surface area contributed by atoms with Crippen LogP contribution in [0.1, 0.15) is 10.5 Å². The van der Waals surface area contributed by atoms with Crippen LogP contribution in [0.15, 0.2) is 16.9 Å². The second kappa shape index (κ2) is 3.49. The van der Waals surface area contributed by atoms with Crippen molar-refractivity contribution in [3.05, 3.63) is 28.2 Å². The number of aryl methyl sites for hydroxylation is 1. The molecule has 1 amide bonds. The van der Waals surface area contributed by atoms with Crippen LogP contribution >= 0.6 is 0 Å². The van der Waals surface area contributed by atoms with Crippen molar-refractivity contribution < 1.29 is 4.79 Å². The average Bonchev–Trinajstić information content (AvgIpc) is 2.10. The highest BCUT2D eigenvalue weighted by atomic mass is 16.2. The third-order valence-corrected chi connectivity index (χ3v) is 1.36. The Bertz CT molecular complexity index is 429. The Morgan fingerprint density at radius 1 is 1.69 bits per heavy atom. The first-order chi connectivity index (χ1) is 6.15. The molecule has 1 N–H and O–H groups in total. The number of hydrogen-bond donors (Lipinski definition) is 1. The number of hydrogen-bond acceptors (Lipinski definition) is 4. The zero-order valence-corrected chi connectivity index (χ0v) is 6.81. The summed E-state index contributed by atoms with van der Waals surface area (Å²) in [7, 11) is 1.42. The maximum absolute atomic E-state index is 11.0. The Morgan fingerprint density at radius 2 is 2.38 bits per heavy atom. The molecule has 0 saturated heterocycles. The largest absolute Gasteiger partial charge is 0.284 e. The number of nitrogens with zero attached hydrogens (tertiary/aromatic N) is 3. The second-order valence-electron chi connectivity index (χ2n) is 2.25. The van der Waals surface area contributed by atoms with Gasteiger partial charge < -0.3 is 0 Å². The van der Waals surface area contributed by atoms with Gasteiger partial charge in [0, 0.05) is 13.1 Å². The van der Waals surface area contributed by atoms with E-state index in [1.165, 1.54) is 25.4 Å². The lowest BCUT2D eigenvalue weighted by Crippen LogP contribution is -2.25. The van der Waals surface area contributed by atoms with E-state index in [0.717, 1.165) is 4.68 Å². The van der Waals surface area contributed by atoms with E-state index in [4.69, 9.17) is 5.26 Å². The van der Waals surface area contributed by atoms with Crippen molar-refractivity contribution in [2.24, 2.45) is 7.05 Å². The molecule has 0 unspecified atom stereocenters. The van der Waals surface area contributed by atoms with Crippen LogP contribution in [0.2, 0.25) is 0 Å². The first kappa shape index (κ1) is 8.93. The van der Waals surface area contributed by atoms with E-state index in [9.17, 15) is 9.59 Å². The van der Waals surface area contributed by atoms with Crippen LogP contribution in [0.5, 0.6) is 0 Å². The second-order valence-corrected chi connectivity index (χ2v) is 2.25. The molecule has 66 valence electrons. The van der Waals surface area contributed by atoms with Gasteiger partial charge in [0.15, 0.2) is 6.19 Å².